The van der Waals surface area contributed by atoms with Crippen LogP contribution in [0.1, 0.15) is 40.0 Å². The van der Waals surface area contributed by atoms with Gasteiger partial charge in [-0.2, -0.15) is 0 Å². The van der Waals surface area contributed by atoms with Crippen molar-refractivity contribution in [3.63, 3.8) is 0 Å². The average Bonchev–Trinajstić information content (AvgIpc) is 3.61. The van der Waals surface area contributed by atoms with Gasteiger partial charge in [0.25, 0.3) is 0 Å². The standard InChI is InChI=1S/C22H35N3O6/c1-13(2)6-7-16-21(3,31-16)18-17(28-5)15(8-9-22(18)12-29-22)30-20(27)25-10-14(11-25)24-19(26)23-4/h6,14-18H,7-12H2,1-5H3,(H2,23,24,26)/t15?,16-,17?,18?,21+,22?/m1/s1. The Kier molecular flexibility index (Phi) is 5.95. The minimum Gasteiger partial charge on any atom is -0.443 e. The molecule has 0 aromatic heterocycles. The lowest BCUT2D eigenvalue weighted by Gasteiger charge is -2.44. The van der Waals surface area contributed by atoms with Crippen LogP contribution in [0, 0.1) is 5.92 Å². The second-order valence-electron chi connectivity index (χ2n) is 9.63. The first-order valence-electron chi connectivity index (χ1n) is 11.1. The minimum absolute atomic E-state index is 0.00571. The molecule has 174 valence electrons. The summed E-state index contributed by atoms with van der Waals surface area (Å²) in [5.41, 5.74) is 0.679. The van der Waals surface area contributed by atoms with Crippen LogP contribution in [0.4, 0.5) is 9.59 Å². The fraction of sp³-hybridized carbons (Fsp3) is 0.818. The van der Waals surface area contributed by atoms with Crippen LogP contribution in [0.5, 0.6) is 0 Å². The number of carbonyl (C=O) groups is 2. The Balaban J connectivity index is 1.38. The fourth-order valence-corrected chi connectivity index (χ4v) is 5.25. The highest BCUT2D eigenvalue weighted by Crippen LogP contribution is 2.59. The normalized spacial score (nSPS) is 38.8. The summed E-state index contributed by atoms with van der Waals surface area (Å²) in [5, 5.41) is 5.31. The number of nitrogens with zero attached hydrogens (tertiary/aromatic N) is 1. The van der Waals surface area contributed by atoms with Crippen LogP contribution in [-0.4, -0.2) is 86.4 Å². The van der Waals surface area contributed by atoms with Crippen LogP contribution in [0.15, 0.2) is 11.6 Å². The summed E-state index contributed by atoms with van der Waals surface area (Å²) in [5.74, 6) is 0.00571. The van der Waals surface area contributed by atoms with Crippen molar-refractivity contribution in [2.45, 2.75) is 75.6 Å². The molecule has 6 atom stereocenters. The predicted octanol–water partition coefficient (Wildman–Crippen LogP) is 1.81. The molecule has 31 heavy (non-hydrogen) atoms. The van der Waals surface area contributed by atoms with Gasteiger partial charge in [-0.05, 0) is 40.0 Å². The molecular weight excluding hydrogens is 402 g/mol. The van der Waals surface area contributed by atoms with E-state index in [9.17, 15) is 9.59 Å². The van der Waals surface area contributed by atoms with E-state index < -0.39 is 0 Å². The molecule has 9 heteroatoms. The lowest BCUT2D eigenvalue weighted by molar-refractivity contribution is -0.123. The molecule has 1 aliphatic carbocycles. The highest BCUT2D eigenvalue weighted by molar-refractivity contribution is 5.75. The van der Waals surface area contributed by atoms with Gasteiger partial charge in [0.2, 0.25) is 0 Å². The summed E-state index contributed by atoms with van der Waals surface area (Å²) < 4.78 is 24.0. The Morgan fingerprint density at radius 3 is 2.58 bits per heavy atom. The summed E-state index contributed by atoms with van der Waals surface area (Å²) in [6.07, 6.45) is 3.69. The SMILES string of the molecule is CNC(=O)NC1CN(C(=O)OC2CCC3(CO3)C([C@@]3(C)O[C@@H]3CC=C(C)C)C2OC)C1. The van der Waals surface area contributed by atoms with E-state index in [2.05, 4.69) is 37.5 Å². The number of methoxy groups -OCH3 is 1. The number of allylic oxidation sites excluding steroid dienone is 1. The van der Waals surface area contributed by atoms with Crippen molar-refractivity contribution in [2.75, 3.05) is 33.9 Å². The van der Waals surface area contributed by atoms with Gasteiger partial charge in [-0.15, -0.1) is 0 Å². The molecule has 4 aliphatic rings. The van der Waals surface area contributed by atoms with E-state index in [0.29, 0.717) is 26.1 Å². The molecule has 9 nitrogen and oxygen atoms in total. The molecule has 3 aliphatic heterocycles. The number of hydrogen-bond donors (Lipinski definition) is 2. The third-order valence-electron chi connectivity index (χ3n) is 7.19. The van der Waals surface area contributed by atoms with E-state index in [1.165, 1.54) is 5.57 Å². The maximum Gasteiger partial charge on any atom is 0.410 e. The zero-order valence-electron chi connectivity index (χ0n) is 19.1. The molecule has 2 N–H and O–H groups in total. The van der Waals surface area contributed by atoms with Crippen LogP contribution in [0.3, 0.4) is 0 Å². The lowest BCUT2D eigenvalue weighted by Crippen LogP contribution is -2.63. The summed E-state index contributed by atoms with van der Waals surface area (Å²) in [4.78, 5) is 25.7. The topological polar surface area (TPSA) is 105 Å². The summed E-state index contributed by atoms with van der Waals surface area (Å²) >= 11 is 0. The molecule has 4 unspecified atom stereocenters. The van der Waals surface area contributed by atoms with E-state index in [1.54, 1.807) is 19.1 Å². The van der Waals surface area contributed by atoms with E-state index in [-0.39, 0.29) is 53.6 Å². The molecular formula is C22H35N3O6. The number of nitrogens with one attached hydrogen (secondary N) is 2. The third-order valence-corrected chi connectivity index (χ3v) is 7.19. The fourth-order valence-electron chi connectivity index (χ4n) is 5.25. The van der Waals surface area contributed by atoms with Crippen molar-refractivity contribution >= 4 is 12.1 Å². The van der Waals surface area contributed by atoms with Crippen LogP contribution in [0.25, 0.3) is 0 Å². The molecule has 0 bridgehead atoms. The van der Waals surface area contributed by atoms with Crippen LogP contribution < -0.4 is 10.6 Å². The Bertz CT molecular complexity index is 744. The number of rotatable bonds is 6. The second kappa shape index (κ2) is 8.26. The van der Waals surface area contributed by atoms with Gasteiger partial charge in [0.05, 0.1) is 24.7 Å². The Morgan fingerprint density at radius 2 is 2.00 bits per heavy atom. The zero-order chi connectivity index (χ0) is 22.4. The molecule has 1 saturated carbocycles. The molecule has 3 saturated heterocycles. The molecule has 3 amide bonds. The lowest BCUT2D eigenvalue weighted by atomic mass is 9.68. The Labute approximate surface area is 183 Å². The number of urea groups is 1. The van der Waals surface area contributed by atoms with Gasteiger partial charge in [-0.25, -0.2) is 9.59 Å². The van der Waals surface area contributed by atoms with E-state index in [1.807, 2.05) is 0 Å². The second-order valence-corrected chi connectivity index (χ2v) is 9.63. The van der Waals surface area contributed by atoms with E-state index >= 15 is 0 Å². The number of likely N-dealkylation sites (tertiary alicyclic amines) is 1. The zero-order valence-corrected chi connectivity index (χ0v) is 19.1. The molecule has 0 radical (unpaired) electrons. The molecule has 3 heterocycles. The largest absolute Gasteiger partial charge is 0.443 e. The Morgan fingerprint density at radius 1 is 1.29 bits per heavy atom. The smallest absolute Gasteiger partial charge is 0.410 e. The van der Waals surface area contributed by atoms with Crippen LogP contribution >= 0.6 is 0 Å². The van der Waals surface area contributed by atoms with Gasteiger partial charge >= 0.3 is 12.1 Å². The van der Waals surface area contributed by atoms with Gasteiger partial charge in [0.15, 0.2) is 0 Å². The quantitative estimate of drug-likeness (QED) is 0.485. The number of carbonyl (C=O) groups excluding carboxylic acids is 2. The first-order chi connectivity index (χ1) is 14.7. The van der Waals surface area contributed by atoms with Crippen molar-refractivity contribution < 1.29 is 28.5 Å². The van der Waals surface area contributed by atoms with Crippen LogP contribution in [0.2, 0.25) is 0 Å². The first kappa shape index (κ1) is 22.4. The maximum atomic E-state index is 12.7. The Hall–Kier alpha value is -1.84. The molecule has 0 aromatic carbocycles. The number of ether oxygens (including phenoxy) is 4. The van der Waals surface area contributed by atoms with E-state index in [4.69, 9.17) is 18.9 Å². The van der Waals surface area contributed by atoms with Gasteiger partial charge in [-0.1, -0.05) is 11.6 Å². The van der Waals surface area contributed by atoms with Crippen molar-refractivity contribution in [1.82, 2.24) is 15.5 Å². The van der Waals surface area contributed by atoms with Gasteiger partial charge in [0.1, 0.15) is 23.4 Å². The predicted molar refractivity (Wildman–Crippen MR) is 113 cm³/mol. The monoisotopic (exact) mass is 437 g/mol. The molecule has 4 fully saturated rings. The van der Waals surface area contributed by atoms with E-state index in [0.717, 1.165) is 12.8 Å². The van der Waals surface area contributed by atoms with Crippen molar-refractivity contribution in [1.29, 1.82) is 0 Å². The summed E-state index contributed by atoms with van der Waals surface area (Å²) in [7, 11) is 3.23. The van der Waals surface area contributed by atoms with Gasteiger partial charge < -0.3 is 34.5 Å². The minimum atomic E-state index is -0.364. The van der Waals surface area contributed by atoms with Crippen molar-refractivity contribution in [2.24, 2.45) is 5.92 Å². The third kappa shape index (κ3) is 4.27. The molecule has 1 spiro atoms. The summed E-state index contributed by atoms with van der Waals surface area (Å²) in [6, 6.07) is -0.301. The molecule has 4 rings (SSSR count). The van der Waals surface area contributed by atoms with Gasteiger partial charge in [0, 0.05) is 27.2 Å². The first-order valence-corrected chi connectivity index (χ1v) is 11.1. The maximum absolute atomic E-state index is 12.7. The number of epoxide rings is 2. The molecule has 0 aromatic rings. The summed E-state index contributed by atoms with van der Waals surface area (Å²) in [6.45, 7) is 7.89. The highest BCUT2D eigenvalue weighted by atomic mass is 16.6. The number of amides is 3. The van der Waals surface area contributed by atoms with Crippen molar-refractivity contribution in [3.8, 4) is 0 Å². The van der Waals surface area contributed by atoms with Gasteiger partial charge in [-0.3, -0.25) is 0 Å². The number of hydrogen-bond acceptors (Lipinski definition) is 6. The van der Waals surface area contributed by atoms with Crippen LogP contribution in [-0.2, 0) is 18.9 Å². The highest BCUT2D eigenvalue weighted by Gasteiger charge is 2.72. The average molecular weight is 438 g/mol. The van der Waals surface area contributed by atoms with Crippen molar-refractivity contribution in [3.05, 3.63) is 11.6 Å².